The summed E-state index contributed by atoms with van der Waals surface area (Å²) in [4.78, 5) is 30.2. The van der Waals surface area contributed by atoms with Crippen molar-refractivity contribution < 1.29 is 19.1 Å². The van der Waals surface area contributed by atoms with Crippen molar-refractivity contribution in [1.82, 2.24) is 10.3 Å². The molecule has 0 aromatic carbocycles. The summed E-state index contributed by atoms with van der Waals surface area (Å²) in [5, 5.41) is 6.05. The van der Waals surface area contributed by atoms with Crippen LogP contribution in [0.5, 0.6) is 0 Å². The van der Waals surface area contributed by atoms with Crippen molar-refractivity contribution in [3.63, 3.8) is 0 Å². The van der Waals surface area contributed by atoms with Crippen LogP contribution in [0.3, 0.4) is 0 Å². The maximum absolute atomic E-state index is 12.7. The fourth-order valence-electron chi connectivity index (χ4n) is 2.85. The summed E-state index contributed by atoms with van der Waals surface area (Å²) in [5.41, 5.74) is -0.724. The molecule has 0 spiro atoms. The molecule has 1 rings (SSSR count). The number of ether oxygens (including phenoxy) is 2. The van der Waals surface area contributed by atoms with Gasteiger partial charge in [-0.15, -0.1) is 11.3 Å². The minimum atomic E-state index is -0.661. The molecule has 1 heterocycles. The van der Waals surface area contributed by atoms with E-state index in [4.69, 9.17) is 9.47 Å². The lowest BCUT2D eigenvalue weighted by atomic mass is 9.96. The monoisotopic (exact) mass is 441 g/mol. The predicted octanol–water partition coefficient (Wildman–Crippen LogP) is 5.47. The van der Waals surface area contributed by atoms with Gasteiger partial charge in [0.15, 0.2) is 5.13 Å². The molecular formula is C22H39N3O4S. The summed E-state index contributed by atoms with van der Waals surface area (Å²) in [6.07, 6.45) is 5.58. The lowest BCUT2D eigenvalue weighted by Crippen LogP contribution is -2.45. The third kappa shape index (κ3) is 9.89. The number of hydrogen-bond donors (Lipinski definition) is 2. The molecule has 0 aliphatic carbocycles. The van der Waals surface area contributed by atoms with Crippen LogP contribution in [0.1, 0.15) is 91.4 Å². The Morgan fingerprint density at radius 3 is 2.43 bits per heavy atom. The number of carbonyl (C=O) groups excluding carboxylic acids is 2. The number of amides is 2. The van der Waals surface area contributed by atoms with E-state index in [-0.39, 0.29) is 11.5 Å². The number of hydrogen-bond acceptors (Lipinski definition) is 6. The van der Waals surface area contributed by atoms with Gasteiger partial charge in [0.2, 0.25) is 5.91 Å². The molecule has 0 aliphatic rings. The fourth-order valence-corrected chi connectivity index (χ4v) is 3.76. The smallest absolute Gasteiger partial charge is 0.408 e. The van der Waals surface area contributed by atoms with Gasteiger partial charge in [-0.05, 0) is 66.2 Å². The van der Waals surface area contributed by atoms with E-state index in [1.54, 1.807) is 27.9 Å². The quantitative estimate of drug-likeness (QED) is 0.475. The van der Waals surface area contributed by atoms with Gasteiger partial charge < -0.3 is 20.1 Å². The predicted molar refractivity (Wildman–Crippen MR) is 122 cm³/mol. The molecule has 0 bridgehead atoms. The van der Waals surface area contributed by atoms with Crippen molar-refractivity contribution >= 4 is 28.5 Å². The maximum atomic E-state index is 12.7. The summed E-state index contributed by atoms with van der Waals surface area (Å²) in [6.45, 7) is 13.7. The molecule has 2 amide bonds. The Bertz CT molecular complexity index is 682. The van der Waals surface area contributed by atoms with Crippen LogP contribution in [0, 0.1) is 0 Å². The SMILES string of the molecule is CCCC(NC(=O)OC(C)(C)C)C(=O)Nc1ncc(C(C)CCCC(C)(C)OC)s1. The molecule has 8 heteroatoms. The summed E-state index contributed by atoms with van der Waals surface area (Å²) >= 11 is 1.48. The minimum absolute atomic E-state index is 0.109. The van der Waals surface area contributed by atoms with Crippen molar-refractivity contribution in [3.05, 3.63) is 11.1 Å². The van der Waals surface area contributed by atoms with Gasteiger partial charge in [-0.25, -0.2) is 9.78 Å². The van der Waals surface area contributed by atoms with E-state index in [0.717, 1.165) is 30.6 Å². The third-order valence-corrected chi connectivity index (χ3v) is 5.94. The van der Waals surface area contributed by atoms with Crippen molar-refractivity contribution in [2.45, 2.75) is 104 Å². The first kappa shape index (κ1) is 26.4. The molecule has 172 valence electrons. The van der Waals surface area contributed by atoms with Gasteiger partial charge in [-0.2, -0.15) is 0 Å². The Balaban J connectivity index is 2.63. The average molecular weight is 442 g/mol. The molecule has 1 aromatic heterocycles. The zero-order chi connectivity index (χ0) is 22.9. The van der Waals surface area contributed by atoms with Crippen molar-refractivity contribution in [3.8, 4) is 0 Å². The minimum Gasteiger partial charge on any atom is -0.444 e. The number of carbonyl (C=O) groups is 2. The molecule has 0 saturated carbocycles. The number of alkyl carbamates (subject to hydrolysis) is 1. The second-order valence-corrected chi connectivity index (χ2v) is 10.4. The number of nitrogens with one attached hydrogen (secondary N) is 2. The molecule has 0 saturated heterocycles. The number of methoxy groups -OCH3 is 1. The van der Waals surface area contributed by atoms with Crippen molar-refractivity contribution in [1.29, 1.82) is 0 Å². The zero-order valence-electron chi connectivity index (χ0n) is 19.8. The Morgan fingerprint density at radius 1 is 1.20 bits per heavy atom. The van der Waals surface area contributed by atoms with Gasteiger partial charge in [-0.1, -0.05) is 20.3 Å². The molecule has 2 N–H and O–H groups in total. The highest BCUT2D eigenvalue weighted by Crippen LogP contribution is 2.30. The third-order valence-electron chi connectivity index (χ3n) is 4.79. The molecule has 0 aliphatic heterocycles. The molecule has 2 unspecified atom stereocenters. The lowest BCUT2D eigenvalue weighted by molar-refractivity contribution is -0.118. The first-order valence-corrected chi connectivity index (χ1v) is 11.5. The maximum Gasteiger partial charge on any atom is 0.408 e. The summed E-state index contributed by atoms with van der Waals surface area (Å²) in [7, 11) is 1.74. The van der Waals surface area contributed by atoms with Gasteiger partial charge in [0.25, 0.3) is 0 Å². The van der Waals surface area contributed by atoms with E-state index in [2.05, 4.69) is 36.4 Å². The molecule has 0 radical (unpaired) electrons. The second kappa shape index (κ2) is 11.6. The zero-order valence-corrected chi connectivity index (χ0v) is 20.6. The Hall–Kier alpha value is -1.67. The van der Waals surface area contributed by atoms with Crippen LogP contribution >= 0.6 is 11.3 Å². The van der Waals surface area contributed by atoms with Crippen molar-refractivity contribution in [2.24, 2.45) is 0 Å². The van der Waals surface area contributed by atoms with Gasteiger partial charge in [0.1, 0.15) is 11.6 Å². The molecule has 2 atom stereocenters. The van der Waals surface area contributed by atoms with Crippen LogP contribution in [0.4, 0.5) is 9.93 Å². The first-order chi connectivity index (χ1) is 13.9. The molecule has 0 fully saturated rings. The van der Waals surface area contributed by atoms with E-state index in [9.17, 15) is 9.59 Å². The number of nitrogens with zero attached hydrogens (tertiary/aromatic N) is 1. The largest absolute Gasteiger partial charge is 0.444 e. The topological polar surface area (TPSA) is 89.5 Å². The second-order valence-electron chi connectivity index (χ2n) is 9.30. The Morgan fingerprint density at radius 2 is 1.87 bits per heavy atom. The highest BCUT2D eigenvalue weighted by atomic mass is 32.1. The Labute approximate surface area is 185 Å². The van der Waals surface area contributed by atoms with E-state index >= 15 is 0 Å². The molecule has 30 heavy (non-hydrogen) atoms. The van der Waals surface area contributed by atoms with Crippen LogP contribution in [-0.4, -0.2) is 41.3 Å². The number of aromatic nitrogens is 1. The molecule has 1 aromatic rings. The lowest BCUT2D eigenvalue weighted by Gasteiger charge is -2.23. The van der Waals surface area contributed by atoms with Crippen LogP contribution < -0.4 is 10.6 Å². The summed E-state index contributed by atoms with van der Waals surface area (Å²) in [6, 6.07) is -0.661. The van der Waals surface area contributed by atoms with E-state index in [0.29, 0.717) is 17.5 Å². The van der Waals surface area contributed by atoms with E-state index in [1.165, 1.54) is 11.3 Å². The molecule has 7 nitrogen and oxygen atoms in total. The average Bonchev–Trinajstić information content (AvgIpc) is 3.08. The Kier molecular flexibility index (Phi) is 10.2. The van der Waals surface area contributed by atoms with E-state index < -0.39 is 17.7 Å². The number of anilines is 1. The highest BCUT2D eigenvalue weighted by Gasteiger charge is 2.25. The summed E-state index contributed by atoms with van der Waals surface area (Å²) < 4.78 is 10.7. The van der Waals surface area contributed by atoms with Crippen LogP contribution in [-0.2, 0) is 14.3 Å². The van der Waals surface area contributed by atoms with Crippen molar-refractivity contribution in [2.75, 3.05) is 12.4 Å². The van der Waals surface area contributed by atoms with Gasteiger partial charge >= 0.3 is 6.09 Å². The number of thiazole rings is 1. The summed E-state index contributed by atoms with van der Waals surface area (Å²) in [5.74, 6) is 0.0743. The standard InChI is InChI=1S/C22H39N3O4S/c1-9-11-16(24-20(27)29-21(3,4)5)18(26)25-19-23-14-17(30-19)15(2)12-10-13-22(6,7)28-8/h14-16H,9-13H2,1-8H3,(H,24,27)(H,23,25,26). The fraction of sp³-hybridized carbons (Fsp3) is 0.773. The van der Waals surface area contributed by atoms with Gasteiger partial charge in [0, 0.05) is 18.2 Å². The van der Waals surface area contributed by atoms with Crippen LogP contribution in [0.2, 0.25) is 0 Å². The van der Waals surface area contributed by atoms with Crippen LogP contribution in [0.25, 0.3) is 0 Å². The molecular weight excluding hydrogens is 402 g/mol. The normalized spacial score (nSPS) is 14.1. The van der Waals surface area contributed by atoms with Gasteiger partial charge in [-0.3, -0.25) is 4.79 Å². The number of rotatable bonds is 11. The van der Waals surface area contributed by atoms with Gasteiger partial charge in [0.05, 0.1) is 5.60 Å². The first-order valence-electron chi connectivity index (χ1n) is 10.7. The van der Waals surface area contributed by atoms with Crippen LogP contribution in [0.15, 0.2) is 6.20 Å². The highest BCUT2D eigenvalue weighted by molar-refractivity contribution is 7.15. The van der Waals surface area contributed by atoms with E-state index in [1.807, 2.05) is 13.1 Å².